The maximum Gasteiger partial charge on any atom is 0.282 e. The van der Waals surface area contributed by atoms with Gasteiger partial charge in [-0.3, -0.25) is 4.79 Å². The van der Waals surface area contributed by atoms with Gasteiger partial charge in [0.2, 0.25) is 0 Å². The number of nitrogens with zero attached hydrogens (tertiary/aromatic N) is 3. The van der Waals surface area contributed by atoms with Crippen molar-refractivity contribution in [3.8, 4) is 5.75 Å². The van der Waals surface area contributed by atoms with Crippen molar-refractivity contribution in [1.29, 1.82) is 0 Å². The van der Waals surface area contributed by atoms with E-state index in [9.17, 15) is 4.79 Å². The zero-order valence-electron chi connectivity index (χ0n) is 18.5. The van der Waals surface area contributed by atoms with Crippen molar-refractivity contribution in [2.75, 3.05) is 0 Å². The molecular formula is C26H23BrClN3O2. The van der Waals surface area contributed by atoms with E-state index >= 15 is 0 Å². The largest absolute Gasteiger partial charge is 0.487 e. The highest BCUT2D eigenvalue weighted by Gasteiger charge is 2.22. The monoisotopic (exact) mass is 523 g/mol. The van der Waals surface area contributed by atoms with Crippen LogP contribution in [0.25, 0.3) is 10.9 Å². The lowest BCUT2D eigenvalue weighted by molar-refractivity contribution is 0.306. The van der Waals surface area contributed by atoms with Gasteiger partial charge in [0.1, 0.15) is 18.2 Å². The van der Waals surface area contributed by atoms with Crippen LogP contribution in [0.15, 0.2) is 81.1 Å². The summed E-state index contributed by atoms with van der Waals surface area (Å²) in [6, 6.07) is 20.8. The Hall–Kier alpha value is -2.96. The predicted molar refractivity (Wildman–Crippen MR) is 138 cm³/mol. The second-order valence-corrected chi connectivity index (χ2v) is 10.00. The summed E-state index contributed by atoms with van der Waals surface area (Å²) in [5.74, 6) is 1.16. The van der Waals surface area contributed by atoms with Crippen LogP contribution in [-0.2, 0) is 12.0 Å². The molecule has 0 unspecified atom stereocenters. The van der Waals surface area contributed by atoms with Gasteiger partial charge in [0.05, 0.1) is 22.1 Å². The second kappa shape index (κ2) is 9.49. The number of hydrogen-bond donors (Lipinski definition) is 0. The van der Waals surface area contributed by atoms with Crippen LogP contribution in [0.3, 0.4) is 0 Å². The highest BCUT2D eigenvalue weighted by Crippen LogP contribution is 2.26. The molecule has 0 saturated heterocycles. The van der Waals surface area contributed by atoms with Crippen molar-refractivity contribution < 1.29 is 4.74 Å². The molecule has 0 aliphatic rings. The van der Waals surface area contributed by atoms with Crippen LogP contribution in [0.2, 0.25) is 5.02 Å². The lowest BCUT2D eigenvalue weighted by Crippen LogP contribution is -2.29. The van der Waals surface area contributed by atoms with Gasteiger partial charge in [-0.05, 0) is 47.5 Å². The molecule has 0 aliphatic heterocycles. The Balaban J connectivity index is 1.66. The Labute approximate surface area is 205 Å². The third-order valence-electron chi connectivity index (χ3n) is 4.99. The van der Waals surface area contributed by atoms with Crippen molar-refractivity contribution in [2.24, 2.45) is 5.10 Å². The van der Waals surface area contributed by atoms with E-state index in [1.807, 2.05) is 69.3 Å². The molecule has 0 fully saturated rings. The van der Waals surface area contributed by atoms with Gasteiger partial charge in [-0.1, -0.05) is 78.6 Å². The summed E-state index contributed by atoms with van der Waals surface area (Å²) in [7, 11) is 0. The Kier molecular flexibility index (Phi) is 6.68. The van der Waals surface area contributed by atoms with E-state index < -0.39 is 0 Å². The molecule has 0 bridgehead atoms. The van der Waals surface area contributed by atoms with Crippen molar-refractivity contribution >= 4 is 44.6 Å². The Morgan fingerprint density at radius 2 is 1.85 bits per heavy atom. The van der Waals surface area contributed by atoms with E-state index in [1.54, 1.807) is 24.4 Å². The van der Waals surface area contributed by atoms with Crippen LogP contribution < -0.4 is 10.3 Å². The molecule has 0 amide bonds. The lowest BCUT2D eigenvalue weighted by atomic mass is 9.95. The molecule has 5 nitrogen and oxygen atoms in total. The molecule has 0 saturated carbocycles. The number of rotatable bonds is 5. The minimum Gasteiger partial charge on any atom is -0.487 e. The third kappa shape index (κ3) is 5.34. The minimum absolute atomic E-state index is 0.226. The first-order chi connectivity index (χ1) is 15.7. The fourth-order valence-corrected chi connectivity index (χ4v) is 3.92. The van der Waals surface area contributed by atoms with Crippen LogP contribution >= 0.6 is 27.5 Å². The highest BCUT2D eigenvalue weighted by molar-refractivity contribution is 9.10. The normalized spacial score (nSPS) is 11.9. The summed E-state index contributed by atoms with van der Waals surface area (Å²) >= 11 is 9.86. The standard InChI is InChI=1S/C26H23BrClN3O2/c1-26(2,3)25-30-22-11-10-19(27)14-20(22)24(32)31(25)29-15-18-9-12-23(21(28)13-18)33-16-17-7-5-4-6-8-17/h4-15H,16H2,1-3H3. The molecule has 3 aromatic carbocycles. The van der Waals surface area contributed by atoms with E-state index in [1.165, 1.54) is 4.68 Å². The summed E-state index contributed by atoms with van der Waals surface area (Å²) in [5.41, 5.74) is 1.83. The number of ether oxygens (including phenoxy) is 1. The molecule has 7 heteroatoms. The fourth-order valence-electron chi connectivity index (χ4n) is 3.32. The van der Waals surface area contributed by atoms with Gasteiger partial charge >= 0.3 is 0 Å². The van der Waals surface area contributed by atoms with Gasteiger partial charge < -0.3 is 4.74 Å². The van der Waals surface area contributed by atoms with Crippen molar-refractivity contribution in [3.63, 3.8) is 0 Å². The average molecular weight is 525 g/mol. The van der Waals surface area contributed by atoms with E-state index in [4.69, 9.17) is 21.3 Å². The SMILES string of the molecule is CC(C)(C)c1nc2ccc(Br)cc2c(=O)n1N=Cc1ccc(OCc2ccccc2)c(Cl)c1. The van der Waals surface area contributed by atoms with Gasteiger partial charge in [0, 0.05) is 9.89 Å². The van der Waals surface area contributed by atoms with Crippen molar-refractivity contribution in [2.45, 2.75) is 32.8 Å². The average Bonchev–Trinajstić information content (AvgIpc) is 2.78. The smallest absolute Gasteiger partial charge is 0.282 e. The molecule has 0 N–H and O–H groups in total. The summed E-state index contributed by atoms with van der Waals surface area (Å²) in [4.78, 5) is 18.0. The molecule has 33 heavy (non-hydrogen) atoms. The molecule has 4 rings (SSSR count). The van der Waals surface area contributed by atoms with Gasteiger partial charge in [0.15, 0.2) is 0 Å². The fraction of sp³-hybridized carbons (Fsp3) is 0.192. The van der Waals surface area contributed by atoms with Gasteiger partial charge in [-0.15, -0.1) is 0 Å². The molecule has 168 valence electrons. The van der Waals surface area contributed by atoms with Gasteiger partial charge in [0.25, 0.3) is 5.56 Å². The molecule has 1 aromatic heterocycles. The summed E-state index contributed by atoms with van der Waals surface area (Å²) in [6.07, 6.45) is 1.61. The number of aromatic nitrogens is 2. The highest BCUT2D eigenvalue weighted by atomic mass is 79.9. The Bertz CT molecular complexity index is 1390. The molecular weight excluding hydrogens is 502 g/mol. The Morgan fingerprint density at radius 3 is 2.55 bits per heavy atom. The lowest BCUT2D eigenvalue weighted by Gasteiger charge is -2.20. The molecule has 0 radical (unpaired) electrons. The second-order valence-electron chi connectivity index (χ2n) is 8.67. The van der Waals surface area contributed by atoms with E-state index in [0.717, 1.165) is 15.6 Å². The van der Waals surface area contributed by atoms with Crippen molar-refractivity contribution in [3.05, 3.63) is 104 Å². The van der Waals surface area contributed by atoms with E-state index in [2.05, 4.69) is 21.0 Å². The van der Waals surface area contributed by atoms with E-state index in [0.29, 0.717) is 34.1 Å². The molecule has 0 spiro atoms. The predicted octanol–water partition coefficient (Wildman–Crippen LogP) is 6.57. The molecule has 4 aromatic rings. The quantitative estimate of drug-likeness (QED) is 0.277. The number of hydrogen-bond acceptors (Lipinski definition) is 4. The Morgan fingerprint density at radius 1 is 1.09 bits per heavy atom. The summed E-state index contributed by atoms with van der Waals surface area (Å²) < 4.78 is 8.01. The van der Waals surface area contributed by atoms with E-state index in [-0.39, 0.29) is 11.0 Å². The van der Waals surface area contributed by atoms with Crippen molar-refractivity contribution in [1.82, 2.24) is 9.66 Å². The maximum absolute atomic E-state index is 13.3. The summed E-state index contributed by atoms with van der Waals surface area (Å²) in [5, 5.41) is 5.46. The molecule has 1 heterocycles. The minimum atomic E-state index is -0.384. The van der Waals surface area contributed by atoms with Gasteiger partial charge in [-0.2, -0.15) is 9.78 Å². The first-order valence-corrected chi connectivity index (χ1v) is 11.6. The number of benzene rings is 3. The first-order valence-electron chi connectivity index (χ1n) is 10.5. The van der Waals surface area contributed by atoms with Gasteiger partial charge in [-0.25, -0.2) is 4.98 Å². The maximum atomic E-state index is 13.3. The topological polar surface area (TPSA) is 56.5 Å². The zero-order valence-corrected chi connectivity index (χ0v) is 20.9. The van der Waals surface area contributed by atoms with Crippen LogP contribution in [0.4, 0.5) is 0 Å². The number of fused-ring (bicyclic) bond motifs is 1. The van der Waals surface area contributed by atoms with Crippen LogP contribution in [0, 0.1) is 0 Å². The third-order valence-corrected chi connectivity index (χ3v) is 5.78. The zero-order chi connectivity index (χ0) is 23.6. The van der Waals surface area contributed by atoms with Crippen LogP contribution in [-0.4, -0.2) is 15.9 Å². The van der Waals surface area contributed by atoms with Crippen LogP contribution in [0.1, 0.15) is 37.7 Å². The van der Waals surface area contributed by atoms with Crippen LogP contribution in [0.5, 0.6) is 5.75 Å². The first kappa shape index (κ1) is 23.2. The summed E-state index contributed by atoms with van der Waals surface area (Å²) in [6.45, 7) is 6.43. The molecule has 0 atom stereocenters. The molecule has 0 aliphatic carbocycles. The number of halogens is 2.